The summed E-state index contributed by atoms with van der Waals surface area (Å²) >= 11 is 7.38. The van der Waals surface area contributed by atoms with E-state index in [2.05, 4.69) is 9.80 Å². The zero-order chi connectivity index (χ0) is 20.7. The lowest BCUT2D eigenvalue weighted by Crippen LogP contribution is -2.55. The number of piperazine rings is 1. The van der Waals surface area contributed by atoms with Gasteiger partial charge < -0.3 is 4.90 Å². The molecule has 0 bridgehead atoms. The molecule has 1 aromatic heterocycles. The van der Waals surface area contributed by atoms with Gasteiger partial charge in [0.2, 0.25) is 5.91 Å². The summed E-state index contributed by atoms with van der Waals surface area (Å²) in [4.78, 5) is 25.5. The van der Waals surface area contributed by atoms with Crippen molar-refractivity contribution in [2.45, 2.75) is 38.3 Å². The van der Waals surface area contributed by atoms with Crippen LogP contribution in [0.5, 0.6) is 0 Å². The summed E-state index contributed by atoms with van der Waals surface area (Å²) in [5.41, 5.74) is 1.83. The number of carbonyl (C=O) groups excluding carboxylic acids is 1. The predicted octanol–water partition coefficient (Wildman–Crippen LogP) is 3.66. The van der Waals surface area contributed by atoms with Gasteiger partial charge in [-0.15, -0.1) is 11.3 Å². The van der Waals surface area contributed by atoms with Crippen molar-refractivity contribution in [2.75, 3.05) is 39.3 Å². The lowest BCUT2D eigenvalue weighted by atomic mass is 9.91. The summed E-state index contributed by atoms with van der Waals surface area (Å²) in [5.74, 6) is -0.191. The highest BCUT2D eigenvalue weighted by Crippen LogP contribution is 2.33. The van der Waals surface area contributed by atoms with Crippen LogP contribution in [0.2, 0.25) is 5.02 Å². The molecule has 1 saturated carbocycles. The molecule has 160 valence electrons. The Morgan fingerprint density at radius 3 is 2.70 bits per heavy atom. The number of nitrogens with zero attached hydrogens (tertiary/aromatic N) is 4. The minimum Gasteiger partial charge on any atom is -0.339 e. The Kier molecular flexibility index (Phi) is 5.79. The van der Waals surface area contributed by atoms with Gasteiger partial charge in [0.1, 0.15) is 10.8 Å². The highest BCUT2D eigenvalue weighted by molar-refractivity contribution is 7.15. The van der Waals surface area contributed by atoms with Gasteiger partial charge >= 0.3 is 0 Å². The number of amides is 1. The molecule has 0 radical (unpaired) electrons. The lowest BCUT2D eigenvalue weighted by Gasteiger charge is -2.43. The van der Waals surface area contributed by atoms with E-state index in [-0.39, 0.29) is 10.9 Å². The van der Waals surface area contributed by atoms with Crippen molar-refractivity contribution in [3.63, 3.8) is 0 Å². The molecule has 0 atom stereocenters. The Bertz CT molecular complexity index is 939. The Hall–Kier alpha value is -1.54. The van der Waals surface area contributed by atoms with Crippen molar-refractivity contribution in [1.29, 1.82) is 0 Å². The summed E-state index contributed by atoms with van der Waals surface area (Å²) in [6, 6.07) is 5.58. The average Bonchev–Trinajstić information content (AvgIpc) is 3.13. The zero-order valence-electron chi connectivity index (χ0n) is 16.9. The number of benzene rings is 1. The van der Waals surface area contributed by atoms with Gasteiger partial charge in [0.25, 0.3) is 0 Å². The van der Waals surface area contributed by atoms with Crippen LogP contribution in [0.15, 0.2) is 18.2 Å². The number of rotatable bonds is 4. The van der Waals surface area contributed by atoms with Gasteiger partial charge in [0.15, 0.2) is 0 Å². The van der Waals surface area contributed by atoms with Gasteiger partial charge in [-0.3, -0.25) is 14.6 Å². The maximum absolute atomic E-state index is 13.8. The quantitative estimate of drug-likeness (QED) is 0.715. The van der Waals surface area contributed by atoms with Gasteiger partial charge in [0.05, 0.1) is 17.3 Å². The molecule has 3 aliphatic rings. The molecule has 30 heavy (non-hydrogen) atoms. The minimum absolute atomic E-state index is 0.123. The molecular formula is C22H26ClFN4OS. The first kappa shape index (κ1) is 20.4. The van der Waals surface area contributed by atoms with E-state index >= 15 is 0 Å². The standard InChI is InChI=1S/C22H26ClFN4OS/c23-17-5-4-15(12-18(17)24)22-25-19-6-7-26(13-20(19)30-22)14-21(29)28-10-8-27(9-11-28)16-2-1-3-16/h4-5,12,16H,1-3,6-11,13-14H2. The Morgan fingerprint density at radius 1 is 1.20 bits per heavy atom. The molecule has 3 heterocycles. The SMILES string of the molecule is O=C(CN1CCc2nc(-c3ccc(Cl)c(F)c3)sc2C1)N1CCN(C2CCC2)CC1. The van der Waals surface area contributed by atoms with E-state index < -0.39 is 5.82 Å². The van der Waals surface area contributed by atoms with Gasteiger partial charge in [-0.1, -0.05) is 24.1 Å². The normalized spacial score (nSPS) is 20.8. The van der Waals surface area contributed by atoms with Crippen LogP contribution in [0, 0.1) is 5.82 Å². The number of hydrogen-bond donors (Lipinski definition) is 0. The second-order valence-corrected chi connectivity index (χ2v) is 9.97. The fourth-order valence-corrected chi connectivity index (χ4v) is 5.78. The molecule has 2 aliphatic heterocycles. The molecular weight excluding hydrogens is 423 g/mol. The van der Waals surface area contributed by atoms with Crippen LogP contribution in [0.25, 0.3) is 10.6 Å². The van der Waals surface area contributed by atoms with Gasteiger partial charge in [-0.25, -0.2) is 9.37 Å². The molecule has 1 saturated heterocycles. The maximum atomic E-state index is 13.8. The Morgan fingerprint density at radius 2 is 2.00 bits per heavy atom. The number of halogens is 2. The second kappa shape index (κ2) is 8.54. The first-order chi connectivity index (χ1) is 14.6. The average molecular weight is 449 g/mol. The van der Waals surface area contributed by atoms with Crippen LogP contribution in [0.1, 0.15) is 29.8 Å². The first-order valence-electron chi connectivity index (χ1n) is 10.7. The number of aromatic nitrogens is 1. The second-order valence-electron chi connectivity index (χ2n) is 8.48. The molecule has 1 amide bonds. The van der Waals surface area contributed by atoms with E-state index in [4.69, 9.17) is 16.6 Å². The molecule has 0 unspecified atom stereocenters. The summed E-state index contributed by atoms with van der Waals surface area (Å²) in [6.07, 6.45) is 4.82. The van der Waals surface area contributed by atoms with Crippen molar-refractivity contribution in [2.24, 2.45) is 0 Å². The van der Waals surface area contributed by atoms with Crippen LogP contribution in [-0.2, 0) is 17.8 Å². The molecule has 0 N–H and O–H groups in total. The van der Waals surface area contributed by atoms with Gasteiger partial charge in [-0.05, 0) is 25.0 Å². The van der Waals surface area contributed by atoms with E-state index in [9.17, 15) is 9.18 Å². The third kappa shape index (κ3) is 4.13. The summed E-state index contributed by atoms with van der Waals surface area (Å²) < 4.78 is 13.8. The highest BCUT2D eigenvalue weighted by Gasteiger charge is 2.30. The minimum atomic E-state index is -0.424. The molecule has 5 rings (SSSR count). The fraction of sp³-hybridized carbons (Fsp3) is 0.545. The van der Waals surface area contributed by atoms with E-state index in [1.807, 2.05) is 4.90 Å². The van der Waals surface area contributed by atoms with E-state index in [0.717, 1.165) is 68.0 Å². The highest BCUT2D eigenvalue weighted by atomic mass is 35.5. The predicted molar refractivity (Wildman–Crippen MR) is 117 cm³/mol. The molecule has 1 aliphatic carbocycles. The topological polar surface area (TPSA) is 39.7 Å². The van der Waals surface area contributed by atoms with Crippen LogP contribution >= 0.6 is 22.9 Å². The Balaban J connectivity index is 1.18. The smallest absolute Gasteiger partial charge is 0.236 e. The Labute approximate surface area is 185 Å². The van der Waals surface area contributed by atoms with Crippen LogP contribution < -0.4 is 0 Å². The van der Waals surface area contributed by atoms with E-state index in [0.29, 0.717) is 6.54 Å². The first-order valence-corrected chi connectivity index (χ1v) is 11.9. The monoisotopic (exact) mass is 448 g/mol. The van der Waals surface area contributed by atoms with Crippen molar-refractivity contribution >= 4 is 28.8 Å². The number of carbonyl (C=O) groups is 1. The van der Waals surface area contributed by atoms with Crippen molar-refractivity contribution in [3.05, 3.63) is 39.6 Å². The molecule has 2 aromatic rings. The summed E-state index contributed by atoms with van der Waals surface area (Å²) in [5, 5.41) is 0.939. The van der Waals surface area contributed by atoms with Gasteiger partial charge in [-0.2, -0.15) is 0 Å². The molecule has 0 spiro atoms. The largest absolute Gasteiger partial charge is 0.339 e. The zero-order valence-corrected chi connectivity index (χ0v) is 18.5. The summed E-state index contributed by atoms with van der Waals surface area (Å²) in [6.45, 7) is 5.75. The third-order valence-corrected chi connectivity index (χ3v) is 8.03. The van der Waals surface area contributed by atoms with Crippen molar-refractivity contribution < 1.29 is 9.18 Å². The molecule has 5 nitrogen and oxygen atoms in total. The van der Waals surface area contributed by atoms with E-state index in [1.54, 1.807) is 23.5 Å². The molecule has 2 fully saturated rings. The third-order valence-electron chi connectivity index (χ3n) is 6.59. The van der Waals surface area contributed by atoms with Crippen LogP contribution in [0.3, 0.4) is 0 Å². The number of fused-ring (bicyclic) bond motifs is 1. The fourth-order valence-electron chi connectivity index (χ4n) is 4.52. The maximum Gasteiger partial charge on any atom is 0.236 e. The van der Waals surface area contributed by atoms with Crippen LogP contribution in [0.4, 0.5) is 4.39 Å². The van der Waals surface area contributed by atoms with Crippen LogP contribution in [-0.4, -0.2) is 70.9 Å². The molecule has 8 heteroatoms. The lowest BCUT2D eigenvalue weighted by molar-refractivity contribution is -0.135. The molecule has 1 aromatic carbocycles. The summed E-state index contributed by atoms with van der Waals surface area (Å²) in [7, 11) is 0. The van der Waals surface area contributed by atoms with Crippen molar-refractivity contribution in [3.8, 4) is 10.6 Å². The van der Waals surface area contributed by atoms with Gasteiger partial charge in [0, 0.05) is 62.2 Å². The number of thiazole rings is 1. The number of hydrogen-bond acceptors (Lipinski definition) is 5. The van der Waals surface area contributed by atoms with Crippen molar-refractivity contribution in [1.82, 2.24) is 19.7 Å². The van der Waals surface area contributed by atoms with E-state index in [1.165, 1.54) is 30.2 Å².